The second-order valence-electron chi connectivity index (χ2n) is 3.98. The molecule has 0 radical (unpaired) electrons. The highest BCUT2D eigenvalue weighted by Gasteiger charge is 2.24. The summed E-state index contributed by atoms with van der Waals surface area (Å²) in [5, 5.41) is 10.9. The summed E-state index contributed by atoms with van der Waals surface area (Å²) in [4.78, 5) is 10.5. The molecule has 106 valence electrons. The van der Waals surface area contributed by atoms with Gasteiger partial charge in [0.2, 0.25) is 0 Å². The molecule has 0 atom stereocenters. The van der Waals surface area contributed by atoms with Crippen LogP contribution in [0, 0.1) is 6.92 Å². The number of carboxylic acid groups (broad SMARTS) is 1. The Morgan fingerprint density at radius 3 is 2.65 bits per heavy atom. The summed E-state index contributed by atoms with van der Waals surface area (Å²) in [7, 11) is -3.94. The van der Waals surface area contributed by atoms with E-state index in [9.17, 15) is 13.2 Å². The highest BCUT2D eigenvalue weighted by Crippen LogP contribution is 2.26. The van der Waals surface area contributed by atoms with E-state index >= 15 is 0 Å². The molecule has 0 aliphatic carbocycles. The van der Waals surface area contributed by atoms with Crippen LogP contribution in [0.1, 0.15) is 15.2 Å². The van der Waals surface area contributed by atoms with E-state index in [0.717, 1.165) is 11.3 Å². The van der Waals surface area contributed by atoms with E-state index < -0.39 is 16.0 Å². The number of aryl methyl sites for hydroxylation is 1. The highest BCUT2D eigenvalue weighted by molar-refractivity contribution is 7.93. The Morgan fingerprint density at radius 1 is 1.35 bits per heavy atom. The standard InChI is InChI=1S/C12H10ClNO4S2/c1-7-6-8(13)2-3-9(7)14-20(17,18)10-4-5-19-11(10)12(15)16/h2-6,14H,1H3,(H,15,16). The van der Waals surface area contributed by atoms with Gasteiger partial charge in [0, 0.05) is 5.02 Å². The molecule has 0 bridgehead atoms. The van der Waals surface area contributed by atoms with Crippen molar-refractivity contribution in [2.24, 2.45) is 0 Å². The minimum absolute atomic E-state index is 0.218. The van der Waals surface area contributed by atoms with Crippen LogP contribution in [0.2, 0.25) is 5.02 Å². The third-order valence-corrected chi connectivity index (χ3v) is 5.22. The molecule has 5 nitrogen and oxygen atoms in total. The SMILES string of the molecule is Cc1cc(Cl)ccc1NS(=O)(=O)c1ccsc1C(=O)O. The fraction of sp³-hybridized carbons (Fsp3) is 0.0833. The number of anilines is 1. The smallest absolute Gasteiger partial charge is 0.347 e. The van der Waals surface area contributed by atoms with Gasteiger partial charge in [-0.1, -0.05) is 11.6 Å². The van der Waals surface area contributed by atoms with Crippen molar-refractivity contribution in [1.29, 1.82) is 0 Å². The normalized spacial score (nSPS) is 11.3. The number of carboxylic acids is 1. The molecule has 0 aliphatic heterocycles. The van der Waals surface area contributed by atoms with Crippen molar-refractivity contribution >= 4 is 44.6 Å². The Kier molecular flexibility index (Phi) is 4.03. The second-order valence-corrected chi connectivity index (χ2v) is 6.99. The molecule has 2 N–H and O–H groups in total. The molecule has 0 fully saturated rings. The maximum atomic E-state index is 12.2. The van der Waals surface area contributed by atoms with Crippen LogP contribution in [-0.2, 0) is 10.0 Å². The summed E-state index contributed by atoms with van der Waals surface area (Å²) >= 11 is 6.66. The molecule has 1 heterocycles. The van der Waals surface area contributed by atoms with Crippen molar-refractivity contribution in [3.63, 3.8) is 0 Å². The van der Waals surface area contributed by atoms with Crippen molar-refractivity contribution in [1.82, 2.24) is 0 Å². The molecular formula is C12H10ClNO4S2. The van der Waals surface area contributed by atoms with E-state index in [0.29, 0.717) is 16.3 Å². The van der Waals surface area contributed by atoms with Crippen LogP contribution in [0.25, 0.3) is 0 Å². The summed E-state index contributed by atoms with van der Waals surface area (Å²) in [5.74, 6) is -1.27. The molecule has 0 spiro atoms. The van der Waals surface area contributed by atoms with Crippen molar-refractivity contribution in [3.05, 3.63) is 45.1 Å². The largest absolute Gasteiger partial charge is 0.477 e. The molecule has 0 amide bonds. The molecule has 2 rings (SSSR count). The Morgan fingerprint density at radius 2 is 2.05 bits per heavy atom. The van der Waals surface area contributed by atoms with Crippen LogP contribution in [0.3, 0.4) is 0 Å². The van der Waals surface area contributed by atoms with Crippen molar-refractivity contribution in [2.45, 2.75) is 11.8 Å². The Labute approximate surface area is 124 Å². The lowest BCUT2D eigenvalue weighted by atomic mass is 10.2. The minimum atomic E-state index is -3.94. The average Bonchev–Trinajstić information content (AvgIpc) is 2.82. The maximum absolute atomic E-state index is 12.2. The second kappa shape index (κ2) is 5.43. The van der Waals surface area contributed by atoms with Crippen LogP contribution in [0.4, 0.5) is 5.69 Å². The first kappa shape index (κ1) is 14.8. The first-order valence-corrected chi connectivity index (χ1v) is 8.15. The van der Waals surface area contributed by atoms with E-state index in [1.165, 1.54) is 17.5 Å². The molecule has 0 saturated carbocycles. The van der Waals surface area contributed by atoms with E-state index in [1.54, 1.807) is 19.1 Å². The number of sulfonamides is 1. The molecule has 0 saturated heterocycles. The van der Waals surface area contributed by atoms with Gasteiger partial charge in [0.1, 0.15) is 9.77 Å². The summed E-state index contributed by atoms with van der Waals surface area (Å²) in [6.07, 6.45) is 0. The highest BCUT2D eigenvalue weighted by atomic mass is 35.5. The van der Waals surface area contributed by atoms with E-state index in [1.807, 2.05) is 0 Å². The number of carbonyl (C=O) groups is 1. The third-order valence-electron chi connectivity index (χ3n) is 2.55. The van der Waals surface area contributed by atoms with Crippen LogP contribution >= 0.6 is 22.9 Å². The molecule has 2 aromatic rings. The van der Waals surface area contributed by atoms with Crippen molar-refractivity contribution < 1.29 is 18.3 Å². The van der Waals surface area contributed by atoms with Crippen LogP contribution in [0.5, 0.6) is 0 Å². The molecular weight excluding hydrogens is 322 g/mol. The zero-order valence-electron chi connectivity index (χ0n) is 10.3. The number of nitrogens with one attached hydrogen (secondary N) is 1. The number of rotatable bonds is 4. The molecule has 20 heavy (non-hydrogen) atoms. The first-order chi connectivity index (χ1) is 9.31. The van der Waals surface area contributed by atoms with Gasteiger partial charge in [-0.15, -0.1) is 11.3 Å². The number of thiophene rings is 1. The monoisotopic (exact) mass is 331 g/mol. The first-order valence-electron chi connectivity index (χ1n) is 5.41. The number of hydrogen-bond donors (Lipinski definition) is 2. The van der Waals surface area contributed by atoms with Gasteiger partial charge in [0.15, 0.2) is 0 Å². The quantitative estimate of drug-likeness (QED) is 0.901. The topological polar surface area (TPSA) is 83.5 Å². The van der Waals surface area contributed by atoms with Gasteiger partial charge in [0.25, 0.3) is 10.0 Å². The number of hydrogen-bond acceptors (Lipinski definition) is 4. The van der Waals surface area contributed by atoms with Crippen molar-refractivity contribution in [3.8, 4) is 0 Å². The lowest BCUT2D eigenvalue weighted by molar-refractivity contribution is 0.0698. The van der Waals surface area contributed by atoms with Crippen LogP contribution < -0.4 is 4.72 Å². The predicted molar refractivity (Wildman–Crippen MR) is 78.3 cm³/mol. The minimum Gasteiger partial charge on any atom is -0.477 e. The number of aromatic carboxylic acids is 1. The molecule has 1 aromatic carbocycles. The average molecular weight is 332 g/mol. The Balaban J connectivity index is 2.41. The van der Waals surface area contributed by atoms with Gasteiger partial charge < -0.3 is 5.11 Å². The van der Waals surface area contributed by atoms with Gasteiger partial charge in [0.05, 0.1) is 5.69 Å². The Hall–Kier alpha value is -1.57. The number of benzene rings is 1. The fourth-order valence-electron chi connectivity index (χ4n) is 1.61. The molecule has 1 aromatic heterocycles. The van der Waals surface area contributed by atoms with Gasteiger partial charge in [-0.25, -0.2) is 13.2 Å². The third kappa shape index (κ3) is 2.95. The van der Waals surface area contributed by atoms with Crippen molar-refractivity contribution in [2.75, 3.05) is 4.72 Å². The summed E-state index contributed by atoms with van der Waals surface area (Å²) < 4.78 is 26.8. The number of halogens is 1. The zero-order chi connectivity index (χ0) is 14.9. The maximum Gasteiger partial charge on any atom is 0.347 e. The molecule has 0 unspecified atom stereocenters. The van der Waals surface area contributed by atoms with Gasteiger partial charge in [-0.2, -0.15) is 0 Å². The fourth-order valence-corrected chi connectivity index (χ4v) is 4.22. The van der Waals surface area contributed by atoms with Crippen LogP contribution in [0.15, 0.2) is 34.5 Å². The summed E-state index contributed by atoms with van der Waals surface area (Å²) in [6, 6.07) is 5.97. The van der Waals surface area contributed by atoms with Gasteiger partial charge in [-0.3, -0.25) is 4.72 Å². The van der Waals surface area contributed by atoms with Crippen LogP contribution in [-0.4, -0.2) is 19.5 Å². The molecule has 0 aliphatic rings. The predicted octanol–water partition coefficient (Wildman–Crippen LogP) is 3.21. The zero-order valence-corrected chi connectivity index (χ0v) is 12.6. The summed E-state index contributed by atoms with van der Waals surface area (Å²) in [5.41, 5.74) is 1.00. The van der Waals surface area contributed by atoms with E-state index in [2.05, 4.69) is 4.72 Å². The molecule has 8 heteroatoms. The van der Waals surface area contributed by atoms with Gasteiger partial charge in [-0.05, 0) is 42.1 Å². The lowest BCUT2D eigenvalue weighted by Crippen LogP contribution is -2.15. The van der Waals surface area contributed by atoms with E-state index in [4.69, 9.17) is 16.7 Å². The lowest BCUT2D eigenvalue weighted by Gasteiger charge is -2.10. The van der Waals surface area contributed by atoms with E-state index in [-0.39, 0.29) is 9.77 Å². The Bertz CT molecular complexity index is 768. The van der Waals surface area contributed by atoms with Gasteiger partial charge >= 0.3 is 5.97 Å². The summed E-state index contributed by atoms with van der Waals surface area (Å²) in [6.45, 7) is 1.70.